The Kier molecular flexibility index (Phi) is 14.2. The van der Waals surface area contributed by atoms with E-state index >= 15 is 0 Å². The lowest BCUT2D eigenvalue weighted by Crippen LogP contribution is -2.42. The molecule has 0 aromatic heterocycles. The van der Waals surface area contributed by atoms with Gasteiger partial charge in [0.05, 0.1) is 6.61 Å². The molecule has 2 fully saturated rings. The first kappa shape index (κ1) is 40.2. The van der Waals surface area contributed by atoms with Crippen LogP contribution in [0, 0.1) is 0 Å². The predicted octanol–water partition coefficient (Wildman–Crippen LogP) is 7.23. The highest BCUT2D eigenvalue weighted by molar-refractivity contribution is 6.16. The maximum atomic E-state index is 12.7. The first-order valence-corrected chi connectivity index (χ1v) is 17.8. The zero-order chi connectivity index (χ0) is 38.4. The number of esters is 5. The van der Waals surface area contributed by atoms with Gasteiger partial charge in [-0.05, 0) is 54.0 Å². The molecule has 13 heteroatoms. The minimum atomic E-state index is -1.41. The molecular formula is C40H48N2O11. The number of rotatable bonds is 18. The van der Waals surface area contributed by atoms with Crippen LogP contribution in [0.2, 0.25) is 0 Å². The van der Waals surface area contributed by atoms with E-state index in [2.05, 4.69) is 17.6 Å². The molecule has 0 unspecified atom stereocenters. The fourth-order valence-electron chi connectivity index (χ4n) is 5.28. The number of carbonyl (C=O) groups excluding carboxylic acids is 5. The third kappa shape index (κ3) is 13.2. The van der Waals surface area contributed by atoms with E-state index in [0.717, 1.165) is 36.6 Å². The molecule has 0 atom stereocenters. The van der Waals surface area contributed by atoms with E-state index in [4.69, 9.17) is 28.4 Å². The van der Waals surface area contributed by atoms with E-state index in [1.165, 1.54) is 72.3 Å². The number of ether oxygens (including phenoxy) is 6. The molecule has 2 aliphatic heterocycles. The van der Waals surface area contributed by atoms with Gasteiger partial charge in [-0.1, -0.05) is 64.0 Å². The summed E-state index contributed by atoms with van der Waals surface area (Å²) in [5.41, 5.74) is 1.19. The quantitative estimate of drug-likeness (QED) is 0.0519. The summed E-state index contributed by atoms with van der Waals surface area (Å²) in [7, 11) is 0. The Morgan fingerprint density at radius 3 is 1.64 bits per heavy atom. The first-order chi connectivity index (χ1) is 25.2. The monoisotopic (exact) mass is 732 g/mol. The van der Waals surface area contributed by atoms with Crippen molar-refractivity contribution in [3.63, 3.8) is 0 Å². The summed E-state index contributed by atoms with van der Waals surface area (Å²) >= 11 is 0. The lowest BCUT2D eigenvalue weighted by Gasteiger charge is -2.29. The number of anilines is 2. The molecule has 2 heterocycles. The first-order valence-electron chi connectivity index (χ1n) is 17.8. The summed E-state index contributed by atoms with van der Waals surface area (Å²) < 4.78 is 31.8. The lowest BCUT2D eigenvalue weighted by molar-refractivity contribution is -0.224. The van der Waals surface area contributed by atoms with Crippen molar-refractivity contribution in [2.24, 2.45) is 0 Å². The van der Waals surface area contributed by atoms with Crippen molar-refractivity contribution in [3.8, 4) is 5.75 Å². The van der Waals surface area contributed by atoms with Crippen LogP contribution in [-0.2, 0) is 54.3 Å². The van der Waals surface area contributed by atoms with Crippen LogP contribution in [0.4, 0.5) is 11.4 Å². The molecule has 0 bridgehead atoms. The average molecular weight is 733 g/mol. The number of hydrogen-bond donors (Lipinski definition) is 2. The smallest absolute Gasteiger partial charge is 0.350 e. The van der Waals surface area contributed by atoms with Crippen LogP contribution in [0.15, 0.2) is 72.1 Å². The van der Waals surface area contributed by atoms with Crippen LogP contribution >= 0.6 is 0 Å². The Balaban J connectivity index is 1.36. The summed E-state index contributed by atoms with van der Waals surface area (Å²) in [5, 5.41) is 5.69. The van der Waals surface area contributed by atoms with Gasteiger partial charge >= 0.3 is 29.8 Å². The van der Waals surface area contributed by atoms with Crippen LogP contribution < -0.4 is 15.4 Å². The van der Waals surface area contributed by atoms with Crippen molar-refractivity contribution in [1.82, 2.24) is 0 Å². The molecule has 2 aromatic rings. The van der Waals surface area contributed by atoms with Crippen molar-refractivity contribution in [2.45, 2.75) is 104 Å². The number of carbonyl (C=O) groups is 5. The van der Waals surface area contributed by atoms with E-state index in [0.29, 0.717) is 23.5 Å². The number of unbranched alkanes of at least 4 members (excludes halogenated alkanes) is 7. The Bertz CT molecular complexity index is 1620. The molecule has 2 aromatic carbocycles. The van der Waals surface area contributed by atoms with E-state index in [1.54, 1.807) is 24.3 Å². The Labute approximate surface area is 309 Å². The van der Waals surface area contributed by atoms with Gasteiger partial charge in [-0.25, -0.2) is 24.0 Å². The third-order valence-corrected chi connectivity index (χ3v) is 7.93. The average Bonchev–Trinajstić information content (AvgIpc) is 3.08. The van der Waals surface area contributed by atoms with Crippen LogP contribution in [0.5, 0.6) is 5.75 Å². The molecule has 13 nitrogen and oxygen atoms in total. The molecule has 0 radical (unpaired) electrons. The highest BCUT2D eigenvalue weighted by atomic mass is 16.7. The number of cyclic esters (lactones) is 4. The van der Waals surface area contributed by atoms with Crippen molar-refractivity contribution in [2.75, 3.05) is 17.2 Å². The molecule has 284 valence electrons. The van der Waals surface area contributed by atoms with Crippen molar-refractivity contribution in [3.05, 3.63) is 83.2 Å². The van der Waals surface area contributed by atoms with E-state index in [-0.39, 0.29) is 17.8 Å². The normalized spacial score (nSPS) is 16.2. The van der Waals surface area contributed by atoms with Crippen molar-refractivity contribution in [1.29, 1.82) is 0 Å². The van der Waals surface area contributed by atoms with Crippen LogP contribution in [0.1, 0.15) is 97.1 Å². The predicted molar refractivity (Wildman–Crippen MR) is 196 cm³/mol. The number of hydrogen-bond acceptors (Lipinski definition) is 13. The zero-order valence-corrected chi connectivity index (χ0v) is 30.9. The second kappa shape index (κ2) is 18.8. The molecular weight excluding hydrogens is 684 g/mol. The van der Waals surface area contributed by atoms with Crippen LogP contribution in [-0.4, -0.2) is 48.0 Å². The van der Waals surface area contributed by atoms with Gasteiger partial charge in [-0.15, -0.1) is 0 Å². The highest BCUT2D eigenvalue weighted by Gasteiger charge is 2.40. The fraction of sp³-hybridized carbons (Fsp3) is 0.425. The molecule has 0 aliphatic carbocycles. The summed E-state index contributed by atoms with van der Waals surface area (Å²) in [5.74, 6) is -6.17. The van der Waals surface area contributed by atoms with E-state index in [9.17, 15) is 24.0 Å². The Hall–Kier alpha value is -5.59. The molecule has 53 heavy (non-hydrogen) atoms. The minimum absolute atomic E-state index is 0.178. The van der Waals surface area contributed by atoms with Gasteiger partial charge in [-0.2, -0.15) is 0 Å². The van der Waals surface area contributed by atoms with Crippen molar-refractivity contribution >= 4 is 47.3 Å². The SMILES string of the molecule is CCCCCCCCCCOc1ccc(/C=C/C(=O)OCc2cc(NC=C3C(=O)OC(C)(C)OC3=O)cc(NC=C3C(=O)OC(C)(C)OC3=O)c2)cc1. The largest absolute Gasteiger partial charge is 0.494 e. The van der Waals surface area contributed by atoms with E-state index < -0.39 is 41.4 Å². The summed E-state index contributed by atoms with van der Waals surface area (Å²) in [4.78, 5) is 62.3. The molecule has 0 spiro atoms. The van der Waals surface area contributed by atoms with Gasteiger partial charge in [0.25, 0.3) is 11.6 Å². The Morgan fingerprint density at radius 1 is 0.679 bits per heavy atom. The van der Waals surface area contributed by atoms with Crippen molar-refractivity contribution < 1.29 is 52.4 Å². The van der Waals surface area contributed by atoms with Gasteiger partial charge in [0.2, 0.25) is 0 Å². The molecule has 4 rings (SSSR count). The second-order valence-corrected chi connectivity index (χ2v) is 13.5. The molecule has 2 aliphatic rings. The van der Waals surface area contributed by atoms with E-state index in [1.807, 2.05) is 24.3 Å². The maximum Gasteiger partial charge on any atom is 0.350 e. The number of nitrogens with one attached hydrogen (secondary N) is 2. The minimum Gasteiger partial charge on any atom is -0.494 e. The van der Waals surface area contributed by atoms with Gasteiger partial charge in [0.15, 0.2) is 11.1 Å². The van der Waals surface area contributed by atoms with Gasteiger partial charge in [0.1, 0.15) is 12.4 Å². The highest BCUT2D eigenvalue weighted by Crippen LogP contribution is 2.26. The Morgan fingerprint density at radius 2 is 1.15 bits per heavy atom. The molecule has 0 amide bonds. The van der Waals surface area contributed by atoms with Crippen LogP contribution in [0.3, 0.4) is 0 Å². The fourth-order valence-corrected chi connectivity index (χ4v) is 5.28. The zero-order valence-electron chi connectivity index (χ0n) is 30.9. The summed E-state index contributed by atoms with van der Waals surface area (Å²) in [6, 6.07) is 12.2. The van der Waals surface area contributed by atoms with Crippen LogP contribution in [0.25, 0.3) is 6.08 Å². The molecule has 0 saturated carbocycles. The molecule has 2 saturated heterocycles. The topological polar surface area (TPSA) is 165 Å². The number of benzene rings is 2. The second-order valence-electron chi connectivity index (χ2n) is 13.5. The third-order valence-electron chi connectivity index (χ3n) is 7.93. The van der Waals surface area contributed by atoms with Gasteiger partial charge in [-0.3, -0.25) is 0 Å². The molecule has 2 N–H and O–H groups in total. The standard InChI is InChI=1S/C40H48N2O11/c1-6-7-8-9-10-11-12-13-20-48-31-17-14-27(15-18-31)16-19-34(43)49-26-28-21-29(41-24-32-35(44)50-39(2,3)51-36(32)45)23-30(22-28)42-25-33-37(46)52-40(4,5)53-38(33)47/h14-19,21-25,41-42H,6-13,20,26H2,1-5H3/b19-16+. The van der Waals surface area contributed by atoms with Gasteiger partial charge in [0, 0.05) is 57.5 Å². The summed E-state index contributed by atoms with van der Waals surface area (Å²) in [6.45, 7) is 8.44. The lowest BCUT2D eigenvalue weighted by atomic mass is 10.1. The van der Waals surface area contributed by atoms with Gasteiger partial charge < -0.3 is 39.1 Å². The maximum absolute atomic E-state index is 12.7. The summed E-state index contributed by atoms with van der Waals surface area (Å²) in [6.07, 6.45) is 15.0.